The van der Waals surface area contributed by atoms with E-state index < -0.39 is 0 Å². The van der Waals surface area contributed by atoms with E-state index in [1.165, 1.54) is 0 Å². The number of aromatic nitrogens is 1. The second-order valence-electron chi connectivity index (χ2n) is 5.82. The van der Waals surface area contributed by atoms with Gasteiger partial charge in [0.05, 0.1) is 12.7 Å². The third-order valence-corrected chi connectivity index (χ3v) is 4.06. The van der Waals surface area contributed by atoms with Gasteiger partial charge in [0, 0.05) is 45.9 Å². The third-order valence-electron chi connectivity index (χ3n) is 4.06. The summed E-state index contributed by atoms with van der Waals surface area (Å²) < 4.78 is 4.99. The molecule has 2 amide bonds. The predicted molar refractivity (Wildman–Crippen MR) is 82.7 cm³/mol. The molecule has 6 nitrogen and oxygen atoms in total. The fraction of sp³-hybridized carbons (Fsp3) is 0.562. The Morgan fingerprint density at radius 2 is 2.00 bits per heavy atom. The Morgan fingerprint density at radius 1 is 1.32 bits per heavy atom. The van der Waals surface area contributed by atoms with Crippen molar-refractivity contribution in [3.05, 3.63) is 23.9 Å². The van der Waals surface area contributed by atoms with E-state index in [9.17, 15) is 9.59 Å². The fourth-order valence-electron chi connectivity index (χ4n) is 2.58. The van der Waals surface area contributed by atoms with Crippen molar-refractivity contribution in [3.8, 4) is 5.88 Å². The first-order chi connectivity index (χ1) is 10.5. The van der Waals surface area contributed by atoms with Gasteiger partial charge in [0.25, 0.3) is 5.91 Å². The Kier molecular flexibility index (Phi) is 5.35. The van der Waals surface area contributed by atoms with Crippen molar-refractivity contribution in [1.82, 2.24) is 14.8 Å². The second kappa shape index (κ2) is 7.24. The molecule has 0 aliphatic carbocycles. The van der Waals surface area contributed by atoms with Gasteiger partial charge in [-0.1, -0.05) is 0 Å². The number of piperidine rings is 1. The fourth-order valence-corrected chi connectivity index (χ4v) is 2.58. The molecule has 22 heavy (non-hydrogen) atoms. The molecule has 0 aromatic carbocycles. The van der Waals surface area contributed by atoms with Crippen LogP contribution in [-0.4, -0.2) is 60.9 Å². The van der Waals surface area contributed by atoms with Crippen molar-refractivity contribution in [3.63, 3.8) is 0 Å². The monoisotopic (exact) mass is 305 g/mol. The topological polar surface area (TPSA) is 62.7 Å². The smallest absolute Gasteiger partial charge is 0.255 e. The van der Waals surface area contributed by atoms with Gasteiger partial charge >= 0.3 is 0 Å². The van der Waals surface area contributed by atoms with Crippen LogP contribution in [0.4, 0.5) is 0 Å². The molecule has 0 N–H and O–H groups in total. The van der Waals surface area contributed by atoms with Crippen LogP contribution in [0.3, 0.4) is 0 Å². The largest absolute Gasteiger partial charge is 0.481 e. The first kappa shape index (κ1) is 16.3. The molecule has 120 valence electrons. The molecule has 0 bridgehead atoms. The van der Waals surface area contributed by atoms with Gasteiger partial charge in [0.2, 0.25) is 11.8 Å². The molecular weight excluding hydrogens is 282 g/mol. The minimum Gasteiger partial charge on any atom is -0.481 e. The molecule has 2 rings (SSSR count). The van der Waals surface area contributed by atoms with Crippen molar-refractivity contribution in [2.45, 2.75) is 19.3 Å². The standard InChI is InChI=1S/C16H23N3O3/c1-18(2)15(20)10-12-6-8-19(9-7-12)16(21)13-4-5-14(22-3)17-11-13/h4-5,11-12H,6-10H2,1-3H3. The summed E-state index contributed by atoms with van der Waals surface area (Å²) in [6.45, 7) is 1.38. The number of hydrogen-bond donors (Lipinski definition) is 0. The number of nitrogens with zero attached hydrogens (tertiary/aromatic N) is 3. The minimum atomic E-state index is -0.00691. The lowest BCUT2D eigenvalue weighted by Gasteiger charge is -2.32. The van der Waals surface area contributed by atoms with Gasteiger partial charge in [0.1, 0.15) is 0 Å². The highest BCUT2D eigenvalue weighted by Gasteiger charge is 2.25. The molecule has 1 saturated heterocycles. The zero-order valence-corrected chi connectivity index (χ0v) is 13.4. The van der Waals surface area contributed by atoms with Crippen LogP contribution >= 0.6 is 0 Å². The summed E-state index contributed by atoms with van der Waals surface area (Å²) in [6, 6.07) is 3.42. The van der Waals surface area contributed by atoms with Gasteiger partial charge in [-0.15, -0.1) is 0 Å². The molecule has 0 saturated carbocycles. The van der Waals surface area contributed by atoms with Crippen molar-refractivity contribution in [2.24, 2.45) is 5.92 Å². The van der Waals surface area contributed by atoms with E-state index in [0.717, 1.165) is 12.8 Å². The lowest BCUT2D eigenvalue weighted by atomic mass is 9.92. The Labute approximate surface area is 131 Å². The quantitative estimate of drug-likeness (QED) is 0.844. The molecule has 1 aromatic heterocycles. The summed E-state index contributed by atoms with van der Waals surface area (Å²) in [7, 11) is 5.10. The maximum Gasteiger partial charge on any atom is 0.255 e. The molecule has 6 heteroatoms. The Balaban J connectivity index is 1.87. The van der Waals surface area contributed by atoms with Crippen molar-refractivity contribution in [2.75, 3.05) is 34.3 Å². The highest BCUT2D eigenvalue weighted by Crippen LogP contribution is 2.22. The zero-order chi connectivity index (χ0) is 16.1. The second-order valence-corrected chi connectivity index (χ2v) is 5.82. The highest BCUT2D eigenvalue weighted by atomic mass is 16.5. The number of hydrogen-bond acceptors (Lipinski definition) is 4. The van der Waals surface area contributed by atoms with Crippen molar-refractivity contribution >= 4 is 11.8 Å². The lowest BCUT2D eigenvalue weighted by molar-refractivity contribution is -0.129. The molecule has 0 atom stereocenters. The van der Waals surface area contributed by atoms with E-state index in [-0.39, 0.29) is 11.8 Å². The van der Waals surface area contributed by atoms with E-state index in [4.69, 9.17) is 4.74 Å². The number of ether oxygens (including phenoxy) is 1. The van der Waals surface area contributed by atoms with Crippen LogP contribution in [-0.2, 0) is 4.79 Å². The number of methoxy groups -OCH3 is 1. The van der Waals surface area contributed by atoms with Crippen LogP contribution in [0.15, 0.2) is 18.3 Å². The normalized spacial score (nSPS) is 15.5. The van der Waals surface area contributed by atoms with Gasteiger partial charge in [-0.2, -0.15) is 0 Å². The summed E-state index contributed by atoms with van der Waals surface area (Å²) in [6.07, 6.45) is 3.85. The van der Waals surface area contributed by atoms with E-state index >= 15 is 0 Å². The van der Waals surface area contributed by atoms with Gasteiger partial charge in [-0.25, -0.2) is 4.98 Å². The maximum atomic E-state index is 12.4. The Bertz CT molecular complexity index is 520. The van der Waals surface area contributed by atoms with E-state index in [1.54, 1.807) is 44.4 Å². The maximum absolute atomic E-state index is 12.4. The molecule has 0 unspecified atom stereocenters. The molecule has 0 spiro atoms. The highest BCUT2D eigenvalue weighted by molar-refractivity contribution is 5.94. The third kappa shape index (κ3) is 3.96. The first-order valence-corrected chi connectivity index (χ1v) is 7.50. The lowest BCUT2D eigenvalue weighted by Crippen LogP contribution is -2.39. The minimum absolute atomic E-state index is 0.00691. The SMILES string of the molecule is COc1ccc(C(=O)N2CCC(CC(=O)N(C)C)CC2)cn1. The van der Waals surface area contributed by atoms with Crippen LogP contribution in [0.25, 0.3) is 0 Å². The summed E-state index contributed by atoms with van der Waals surface area (Å²) >= 11 is 0. The van der Waals surface area contributed by atoms with Gasteiger partial charge in [-0.3, -0.25) is 9.59 Å². The molecule has 0 radical (unpaired) electrons. The Morgan fingerprint density at radius 3 is 2.50 bits per heavy atom. The van der Waals surface area contributed by atoms with E-state index in [1.807, 2.05) is 4.90 Å². The van der Waals surface area contributed by atoms with E-state index in [2.05, 4.69) is 4.98 Å². The number of likely N-dealkylation sites (tertiary alicyclic amines) is 1. The van der Waals surface area contributed by atoms with Gasteiger partial charge in [0.15, 0.2) is 0 Å². The van der Waals surface area contributed by atoms with E-state index in [0.29, 0.717) is 36.9 Å². The first-order valence-electron chi connectivity index (χ1n) is 7.50. The van der Waals surface area contributed by atoms with Gasteiger partial charge < -0.3 is 14.5 Å². The van der Waals surface area contributed by atoms with Gasteiger partial charge in [-0.05, 0) is 24.8 Å². The predicted octanol–water partition coefficient (Wildman–Crippen LogP) is 1.42. The zero-order valence-electron chi connectivity index (χ0n) is 13.4. The molecule has 1 aromatic rings. The van der Waals surface area contributed by atoms with Crippen molar-refractivity contribution in [1.29, 1.82) is 0 Å². The Hall–Kier alpha value is -2.11. The number of rotatable bonds is 4. The molecule has 1 aliphatic heterocycles. The average molecular weight is 305 g/mol. The molecule has 2 heterocycles. The van der Waals surface area contributed by atoms with Crippen LogP contribution in [0, 0.1) is 5.92 Å². The van der Waals surface area contributed by atoms with Crippen LogP contribution in [0.2, 0.25) is 0 Å². The summed E-state index contributed by atoms with van der Waals surface area (Å²) in [5, 5.41) is 0. The number of pyridine rings is 1. The number of carbonyl (C=O) groups excluding carboxylic acids is 2. The molecule has 1 fully saturated rings. The summed E-state index contributed by atoms with van der Waals surface area (Å²) in [5.74, 6) is 1.02. The van der Waals surface area contributed by atoms with Crippen LogP contribution < -0.4 is 4.74 Å². The summed E-state index contributed by atoms with van der Waals surface area (Å²) in [4.78, 5) is 31.7. The average Bonchev–Trinajstić information content (AvgIpc) is 2.55. The van der Waals surface area contributed by atoms with Crippen molar-refractivity contribution < 1.29 is 14.3 Å². The van der Waals surface area contributed by atoms with Crippen LogP contribution in [0.5, 0.6) is 5.88 Å². The summed E-state index contributed by atoms with van der Waals surface area (Å²) in [5.41, 5.74) is 0.573. The number of amides is 2. The molecule has 1 aliphatic rings. The molecular formula is C16H23N3O3. The number of carbonyl (C=O) groups is 2. The van der Waals surface area contributed by atoms with Crippen LogP contribution in [0.1, 0.15) is 29.6 Å².